The van der Waals surface area contributed by atoms with Crippen LogP contribution in [-0.4, -0.2) is 36.6 Å². The SMILES string of the molecule is Cc1cccc(C2NCC(=O)N2CC2CCCO2)c1. The molecule has 1 aromatic carbocycles. The second kappa shape index (κ2) is 5.31. The summed E-state index contributed by atoms with van der Waals surface area (Å²) in [5, 5.41) is 3.29. The number of hydrogen-bond acceptors (Lipinski definition) is 3. The van der Waals surface area contributed by atoms with Gasteiger partial charge in [0.05, 0.1) is 12.6 Å². The first-order valence-electron chi connectivity index (χ1n) is 6.95. The van der Waals surface area contributed by atoms with E-state index in [0.717, 1.165) is 25.0 Å². The molecule has 2 aliphatic rings. The van der Waals surface area contributed by atoms with Gasteiger partial charge in [-0.2, -0.15) is 0 Å². The zero-order valence-corrected chi connectivity index (χ0v) is 11.3. The lowest BCUT2D eigenvalue weighted by Gasteiger charge is -2.27. The molecule has 1 amide bonds. The van der Waals surface area contributed by atoms with E-state index in [4.69, 9.17) is 4.74 Å². The fourth-order valence-electron chi connectivity index (χ4n) is 2.89. The van der Waals surface area contributed by atoms with Crippen LogP contribution in [0.3, 0.4) is 0 Å². The number of ether oxygens (including phenoxy) is 1. The van der Waals surface area contributed by atoms with Gasteiger partial charge in [0.1, 0.15) is 6.17 Å². The predicted octanol–water partition coefficient (Wildman–Crippen LogP) is 1.60. The van der Waals surface area contributed by atoms with Crippen LogP contribution >= 0.6 is 0 Å². The molecule has 0 aliphatic carbocycles. The van der Waals surface area contributed by atoms with E-state index in [1.807, 2.05) is 11.0 Å². The molecule has 4 nitrogen and oxygen atoms in total. The molecular weight excluding hydrogens is 240 g/mol. The van der Waals surface area contributed by atoms with Crippen molar-refractivity contribution in [1.29, 1.82) is 0 Å². The van der Waals surface area contributed by atoms with Crippen molar-refractivity contribution < 1.29 is 9.53 Å². The summed E-state index contributed by atoms with van der Waals surface area (Å²) in [5.74, 6) is 0.169. The minimum atomic E-state index is -0.00315. The third-order valence-corrected chi connectivity index (χ3v) is 3.86. The van der Waals surface area contributed by atoms with Gasteiger partial charge >= 0.3 is 0 Å². The molecule has 2 heterocycles. The maximum absolute atomic E-state index is 12.0. The summed E-state index contributed by atoms with van der Waals surface area (Å²) >= 11 is 0. The van der Waals surface area contributed by atoms with Gasteiger partial charge in [0, 0.05) is 13.2 Å². The molecule has 0 spiro atoms. The first-order valence-corrected chi connectivity index (χ1v) is 6.95. The van der Waals surface area contributed by atoms with Crippen molar-refractivity contribution in [1.82, 2.24) is 10.2 Å². The highest BCUT2D eigenvalue weighted by atomic mass is 16.5. The molecule has 2 atom stereocenters. The zero-order chi connectivity index (χ0) is 13.2. The molecule has 0 radical (unpaired) electrons. The van der Waals surface area contributed by atoms with E-state index in [1.54, 1.807) is 0 Å². The van der Waals surface area contributed by atoms with E-state index in [-0.39, 0.29) is 18.2 Å². The molecule has 0 aromatic heterocycles. The number of hydrogen-bond donors (Lipinski definition) is 1. The summed E-state index contributed by atoms with van der Waals surface area (Å²) in [6.45, 7) is 4.02. The third kappa shape index (κ3) is 2.65. The van der Waals surface area contributed by atoms with Gasteiger partial charge in [-0.1, -0.05) is 29.8 Å². The largest absolute Gasteiger partial charge is 0.376 e. The summed E-state index contributed by atoms with van der Waals surface area (Å²) in [6, 6.07) is 8.33. The Balaban J connectivity index is 1.77. The monoisotopic (exact) mass is 260 g/mol. The molecule has 4 heteroatoms. The Kier molecular flexibility index (Phi) is 3.53. The van der Waals surface area contributed by atoms with Crippen LogP contribution in [0, 0.1) is 6.92 Å². The van der Waals surface area contributed by atoms with E-state index < -0.39 is 0 Å². The van der Waals surface area contributed by atoms with Crippen molar-refractivity contribution >= 4 is 5.91 Å². The number of carbonyl (C=O) groups is 1. The first kappa shape index (κ1) is 12.6. The maximum Gasteiger partial charge on any atom is 0.238 e. The van der Waals surface area contributed by atoms with Crippen molar-refractivity contribution in [2.45, 2.75) is 32.0 Å². The normalized spacial score (nSPS) is 27.2. The Labute approximate surface area is 113 Å². The quantitative estimate of drug-likeness (QED) is 0.897. The van der Waals surface area contributed by atoms with Crippen molar-refractivity contribution in [3.63, 3.8) is 0 Å². The summed E-state index contributed by atoms with van der Waals surface area (Å²) in [4.78, 5) is 14.0. The van der Waals surface area contributed by atoms with Crippen LogP contribution in [0.25, 0.3) is 0 Å². The molecule has 1 N–H and O–H groups in total. The molecule has 0 bridgehead atoms. The van der Waals surface area contributed by atoms with Gasteiger partial charge in [-0.05, 0) is 25.3 Å². The number of nitrogens with one attached hydrogen (secondary N) is 1. The molecule has 0 saturated carbocycles. The van der Waals surface area contributed by atoms with Gasteiger partial charge in [0.25, 0.3) is 0 Å². The van der Waals surface area contributed by atoms with Gasteiger partial charge in [-0.25, -0.2) is 0 Å². The van der Waals surface area contributed by atoms with E-state index in [0.29, 0.717) is 13.1 Å². The average molecular weight is 260 g/mol. The number of carbonyl (C=O) groups excluding carboxylic acids is 1. The Morgan fingerprint density at radius 1 is 1.47 bits per heavy atom. The van der Waals surface area contributed by atoms with Crippen molar-refractivity contribution in [2.24, 2.45) is 0 Å². The van der Waals surface area contributed by atoms with E-state index in [1.165, 1.54) is 5.56 Å². The van der Waals surface area contributed by atoms with E-state index in [9.17, 15) is 4.79 Å². The topological polar surface area (TPSA) is 41.6 Å². The lowest BCUT2D eigenvalue weighted by Crippen LogP contribution is -2.36. The Morgan fingerprint density at radius 3 is 3.11 bits per heavy atom. The fraction of sp³-hybridized carbons (Fsp3) is 0.533. The standard InChI is InChI=1S/C15H20N2O2/c1-11-4-2-5-12(8-11)15-16-9-14(18)17(15)10-13-6-3-7-19-13/h2,4-5,8,13,15-16H,3,6-7,9-10H2,1H3. The maximum atomic E-state index is 12.0. The molecule has 19 heavy (non-hydrogen) atoms. The van der Waals surface area contributed by atoms with Crippen LogP contribution in [0.15, 0.2) is 24.3 Å². The Morgan fingerprint density at radius 2 is 2.37 bits per heavy atom. The number of aryl methyl sites for hydroxylation is 1. The second-order valence-electron chi connectivity index (χ2n) is 5.38. The summed E-state index contributed by atoms with van der Waals surface area (Å²) < 4.78 is 5.65. The van der Waals surface area contributed by atoms with Gasteiger partial charge in [0.15, 0.2) is 0 Å². The van der Waals surface area contributed by atoms with Gasteiger partial charge in [-0.15, -0.1) is 0 Å². The molecular formula is C15H20N2O2. The molecule has 102 valence electrons. The predicted molar refractivity (Wildman–Crippen MR) is 72.6 cm³/mol. The van der Waals surface area contributed by atoms with Gasteiger partial charge in [-0.3, -0.25) is 10.1 Å². The molecule has 3 rings (SSSR count). The lowest BCUT2D eigenvalue weighted by atomic mass is 10.1. The van der Waals surface area contributed by atoms with Gasteiger partial charge < -0.3 is 9.64 Å². The van der Waals surface area contributed by atoms with Crippen molar-refractivity contribution in [3.05, 3.63) is 35.4 Å². The van der Waals surface area contributed by atoms with Crippen LogP contribution in [-0.2, 0) is 9.53 Å². The summed E-state index contributed by atoms with van der Waals surface area (Å²) in [5.41, 5.74) is 2.37. The van der Waals surface area contributed by atoms with Gasteiger partial charge in [0.2, 0.25) is 5.91 Å². The number of rotatable bonds is 3. The summed E-state index contributed by atoms with van der Waals surface area (Å²) in [6.07, 6.45) is 2.37. The molecule has 2 saturated heterocycles. The highest BCUT2D eigenvalue weighted by Gasteiger charge is 2.34. The highest BCUT2D eigenvalue weighted by Crippen LogP contribution is 2.25. The number of benzene rings is 1. The minimum Gasteiger partial charge on any atom is -0.376 e. The number of amides is 1. The third-order valence-electron chi connectivity index (χ3n) is 3.86. The Bertz CT molecular complexity index is 469. The lowest BCUT2D eigenvalue weighted by molar-refractivity contribution is -0.129. The van der Waals surface area contributed by atoms with Crippen LogP contribution in [0.5, 0.6) is 0 Å². The van der Waals surface area contributed by atoms with Crippen molar-refractivity contribution in [3.8, 4) is 0 Å². The molecule has 1 aromatic rings. The van der Waals surface area contributed by atoms with E-state index >= 15 is 0 Å². The van der Waals surface area contributed by atoms with Crippen LogP contribution in [0.1, 0.15) is 30.1 Å². The molecule has 2 unspecified atom stereocenters. The average Bonchev–Trinajstić information content (AvgIpc) is 3.01. The second-order valence-corrected chi connectivity index (χ2v) is 5.38. The molecule has 2 aliphatic heterocycles. The van der Waals surface area contributed by atoms with Crippen molar-refractivity contribution in [2.75, 3.05) is 19.7 Å². The number of nitrogens with zero attached hydrogens (tertiary/aromatic N) is 1. The van der Waals surface area contributed by atoms with Crippen LogP contribution < -0.4 is 5.32 Å². The minimum absolute atomic E-state index is 0.00315. The summed E-state index contributed by atoms with van der Waals surface area (Å²) in [7, 11) is 0. The highest BCUT2D eigenvalue weighted by molar-refractivity contribution is 5.81. The van der Waals surface area contributed by atoms with Crippen LogP contribution in [0.4, 0.5) is 0 Å². The fourth-order valence-corrected chi connectivity index (χ4v) is 2.89. The zero-order valence-electron chi connectivity index (χ0n) is 11.3. The smallest absolute Gasteiger partial charge is 0.238 e. The van der Waals surface area contributed by atoms with E-state index in [2.05, 4.69) is 30.4 Å². The first-order chi connectivity index (χ1) is 9.24. The Hall–Kier alpha value is -1.39. The van der Waals surface area contributed by atoms with Crippen LogP contribution in [0.2, 0.25) is 0 Å². The molecule has 2 fully saturated rings.